The molecule has 25 heavy (non-hydrogen) atoms. The zero-order chi connectivity index (χ0) is 18.2. The minimum absolute atomic E-state index is 0.0394. The minimum Gasteiger partial charge on any atom is -0.337 e. The molecule has 0 saturated heterocycles. The number of aromatic nitrogens is 3. The van der Waals surface area contributed by atoms with E-state index >= 15 is 0 Å². The lowest BCUT2D eigenvalue weighted by Gasteiger charge is -2.10. The lowest BCUT2D eigenvalue weighted by Crippen LogP contribution is -2.23. The molecule has 0 atom stereocenters. The van der Waals surface area contributed by atoms with Gasteiger partial charge in [-0.15, -0.1) is 0 Å². The first-order valence-electron chi connectivity index (χ1n) is 6.80. The van der Waals surface area contributed by atoms with Crippen molar-refractivity contribution in [3.63, 3.8) is 0 Å². The largest absolute Gasteiger partial charge is 0.417 e. The van der Waals surface area contributed by atoms with Crippen LogP contribution < -0.4 is 5.56 Å². The van der Waals surface area contributed by atoms with Crippen molar-refractivity contribution in [1.29, 1.82) is 0 Å². The quantitative estimate of drug-likeness (QED) is 0.670. The Morgan fingerprint density at radius 2 is 1.84 bits per heavy atom. The highest BCUT2D eigenvalue weighted by molar-refractivity contribution is 6.30. The molecule has 1 aromatic carbocycles. The van der Waals surface area contributed by atoms with Crippen LogP contribution in [0, 0.1) is 0 Å². The highest BCUT2D eigenvalue weighted by atomic mass is 35.5. The van der Waals surface area contributed by atoms with Crippen molar-refractivity contribution < 1.29 is 17.7 Å². The van der Waals surface area contributed by atoms with Crippen molar-refractivity contribution >= 4 is 23.2 Å². The van der Waals surface area contributed by atoms with Gasteiger partial charge in [-0.3, -0.25) is 4.79 Å². The number of benzene rings is 1. The molecule has 10 heteroatoms. The molecule has 0 unspecified atom stereocenters. The highest BCUT2D eigenvalue weighted by Gasteiger charge is 2.32. The Bertz CT molecular complexity index is 965. The van der Waals surface area contributed by atoms with Gasteiger partial charge < -0.3 is 9.09 Å². The van der Waals surface area contributed by atoms with Crippen molar-refractivity contribution in [2.45, 2.75) is 12.7 Å². The molecule has 0 N–H and O–H groups in total. The van der Waals surface area contributed by atoms with Crippen molar-refractivity contribution in [1.82, 2.24) is 14.7 Å². The number of pyridine rings is 1. The molecule has 0 saturated carbocycles. The van der Waals surface area contributed by atoms with Crippen molar-refractivity contribution in [3.8, 4) is 11.4 Å². The summed E-state index contributed by atoms with van der Waals surface area (Å²) >= 11 is 11.4. The van der Waals surface area contributed by atoms with Crippen molar-refractivity contribution in [2.24, 2.45) is 0 Å². The van der Waals surface area contributed by atoms with Gasteiger partial charge in [0, 0.05) is 16.8 Å². The van der Waals surface area contributed by atoms with E-state index in [1.807, 2.05) is 0 Å². The molecule has 0 amide bonds. The average molecular weight is 390 g/mol. The maximum absolute atomic E-state index is 12.8. The summed E-state index contributed by atoms with van der Waals surface area (Å²) in [7, 11) is 0. The lowest BCUT2D eigenvalue weighted by atomic mass is 10.2. The van der Waals surface area contributed by atoms with Gasteiger partial charge in [-0.05, 0) is 30.3 Å². The fourth-order valence-corrected chi connectivity index (χ4v) is 2.40. The Balaban J connectivity index is 1.92. The fourth-order valence-electron chi connectivity index (χ4n) is 2.05. The van der Waals surface area contributed by atoms with Crippen LogP contribution in [-0.2, 0) is 12.7 Å². The predicted molar refractivity (Wildman–Crippen MR) is 84.6 cm³/mol. The van der Waals surface area contributed by atoms with E-state index in [-0.39, 0.29) is 18.3 Å². The normalized spacial score (nSPS) is 11.7. The van der Waals surface area contributed by atoms with Crippen LogP contribution in [0.3, 0.4) is 0 Å². The standard InChI is InChI=1S/C15H8Cl2F3N3O2/c16-10-3-1-8(2-4-10)13-21-12(25-22-13)7-23-6-9(15(18,19)20)5-11(17)14(23)24/h1-6H,7H2. The Morgan fingerprint density at radius 3 is 2.48 bits per heavy atom. The predicted octanol–water partition coefficient (Wildman–Crippen LogP) is 4.27. The van der Waals surface area contributed by atoms with E-state index < -0.39 is 22.3 Å². The van der Waals surface area contributed by atoms with Crippen LogP contribution in [-0.4, -0.2) is 14.7 Å². The average Bonchev–Trinajstić information content (AvgIpc) is 3.00. The van der Waals surface area contributed by atoms with Crippen molar-refractivity contribution in [3.05, 3.63) is 68.4 Å². The minimum atomic E-state index is -4.64. The van der Waals surface area contributed by atoms with E-state index in [1.54, 1.807) is 24.3 Å². The second kappa shape index (κ2) is 6.53. The molecule has 130 valence electrons. The van der Waals surface area contributed by atoms with E-state index in [1.165, 1.54) is 0 Å². The van der Waals surface area contributed by atoms with Gasteiger partial charge in [0.2, 0.25) is 11.7 Å². The number of alkyl halides is 3. The van der Waals surface area contributed by atoms with Crippen LogP contribution in [0.2, 0.25) is 10.0 Å². The summed E-state index contributed by atoms with van der Waals surface area (Å²) in [5, 5.41) is 3.71. The summed E-state index contributed by atoms with van der Waals surface area (Å²) in [6, 6.07) is 7.15. The molecule has 0 aliphatic carbocycles. The number of rotatable bonds is 3. The third-order valence-corrected chi connectivity index (χ3v) is 3.77. The van der Waals surface area contributed by atoms with Gasteiger partial charge in [-0.1, -0.05) is 28.4 Å². The van der Waals surface area contributed by atoms with E-state index in [9.17, 15) is 18.0 Å². The SMILES string of the molecule is O=c1c(Cl)cc(C(F)(F)F)cn1Cc1nc(-c2ccc(Cl)cc2)no1. The molecule has 0 spiro atoms. The zero-order valence-corrected chi connectivity index (χ0v) is 13.7. The van der Waals surface area contributed by atoms with E-state index in [4.69, 9.17) is 27.7 Å². The van der Waals surface area contributed by atoms with Gasteiger partial charge >= 0.3 is 6.18 Å². The lowest BCUT2D eigenvalue weighted by molar-refractivity contribution is -0.138. The third kappa shape index (κ3) is 3.85. The molecule has 0 aliphatic rings. The number of halogens is 5. The Hall–Kier alpha value is -2.32. The first kappa shape index (κ1) is 17.5. The monoisotopic (exact) mass is 389 g/mol. The van der Waals surface area contributed by atoms with Crippen LogP contribution >= 0.6 is 23.2 Å². The molecule has 0 fully saturated rings. The summed E-state index contributed by atoms with van der Waals surface area (Å²) in [4.78, 5) is 16.0. The van der Waals surface area contributed by atoms with E-state index in [0.717, 1.165) is 4.57 Å². The molecule has 0 bridgehead atoms. The highest BCUT2D eigenvalue weighted by Crippen LogP contribution is 2.29. The van der Waals surface area contributed by atoms with Crippen LogP contribution in [0.25, 0.3) is 11.4 Å². The molecular formula is C15H8Cl2F3N3O2. The molecule has 0 radical (unpaired) electrons. The first-order chi connectivity index (χ1) is 11.7. The van der Waals surface area contributed by atoms with Gasteiger partial charge in [0.05, 0.1) is 5.56 Å². The topological polar surface area (TPSA) is 60.9 Å². The maximum atomic E-state index is 12.8. The van der Waals surface area contributed by atoms with E-state index in [2.05, 4.69) is 10.1 Å². The first-order valence-corrected chi connectivity index (χ1v) is 7.55. The molecule has 3 aromatic rings. The summed E-state index contributed by atoms with van der Waals surface area (Å²) in [5.74, 6) is 0.181. The second-order valence-corrected chi connectivity index (χ2v) is 5.87. The number of hydrogen-bond donors (Lipinski definition) is 0. The summed E-state index contributed by atoms with van der Waals surface area (Å²) in [6.07, 6.45) is -3.98. The van der Waals surface area contributed by atoms with Crippen LogP contribution in [0.4, 0.5) is 13.2 Å². The van der Waals surface area contributed by atoms with Crippen LogP contribution in [0.5, 0.6) is 0 Å². The third-order valence-electron chi connectivity index (χ3n) is 3.25. The van der Waals surface area contributed by atoms with Crippen LogP contribution in [0.15, 0.2) is 45.8 Å². The van der Waals surface area contributed by atoms with Gasteiger partial charge in [0.15, 0.2) is 0 Å². The molecule has 3 rings (SSSR count). The van der Waals surface area contributed by atoms with Crippen molar-refractivity contribution in [2.75, 3.05) is 0 Å². The zero-order valence-electron chi connectivity index (χ0n) is 12.2. The van der Waals surface area contributed by atoms with Gasteiger partial charge in [0.25, 0.3) is 5.56 Å². The summed E-state index contributed by atoms with van der Waals surface area (Å²) in [6.45, 7) is -0.344. The maximum Gasteiger partial charge on any atom is 0.417 e. The van der Waals surface area contributed by atoms with Gasteiger partial charge in [-0.2, -0.15) is 18.2 Å². The fraction of sp³-hybridized carbons (Fsp3) is 0.133. The molecule has 2 aromatic heterocycles. The summed E-state index contributed by atoms with van der Waals surface area (Å²) in [5.41, 5.74) is -1.23. The number of hydrogen-bond acceptors (Lipinski definition) is 4. The Morgan fingerprint density at radius 1 is 1.16 bits per heavy atom. The Labute approximate surface area is 148 Å². The number of nitrogens with zero attached hydrogens (tertiary/aromatic N) is 3. The second-order valence-electron chi connectivity index (χ2n) is 5.03. The smallest absolute Gasteiger partial charge is 0.337 e. The van der Waals surface area contributed by atoms with Gasteiger partial charge in [-0.25, -0.2) is 0 Å². The van der Waals surface area contributed by atoms with Gasteiger partial charge in [0.1, 0.15) is 11.6 Å². The Kier molecular flexibility index (Phi) is 4.57. The van der Waals surface area contributed by atoms with Crippen LogP contribution in [0.1, 0.15) is 11.5 Å². The molecule has 0 aliphatic heterocycles. The summed E-state index contributed by atoms with van der Waals surface area (Å²) < 4.78 is 44.3. The molecular weight excluding hydrogens is 382 g/mol. The van der Waals surface area contributed by atoms with E-state index in [0.29, 0.717) is 22.8 Å². The molecule has 2 heterocycles. The molecule has 5 nitrogen and oxygen atoms in total.